The van der Waals surface area contributed by atoms with Gasteiger partial charge in [-0.3, -0.25) is 9.78 Å². The van der Waals surface area contributed by atoms with Gasteiger partial charge < -0.3 is 9.84 Å². The maximum absolute atomic E-state index is 12.7. The molecule has 3 aromatic heterocycles. The van der Waals surface area contributed by atoms with Crippen LogP contribution in [0.2, 0.25) is 0 Å². The lowest BCUT2D eigenvalue weighted by Crippen LogP contribution is -2.37. The zero-order chi connectivity index (χ0) is 19.7. The number of amides is 1. The molecule has 28 heavy (non-hydrogen) atoms. The summed E-state index contributed by atoms with van der Waals surface area (Å²) in [6.07, 6.45) is 7.63. The van der Waals surface area contributed by atoms with Gasteiger partial charge in [0.05, 0.1) is 11.7 Å². The minimum atomic E-state index is -0.240. The van der Waals surface area contributed by atoms with Gasteiger partial charge in [0.15, 0.2) is 11.5 Å². The summed E-state index contributed by atoms with van der Waals surface area (Å²) in [5, 5.41) is 6.97. The van der Waals surface area contributed by atoms with Crippen molar-refractivity contribution in [1.29, 1.82) is 0 Å². The minimum absolute atomic E-state index is 0.00716. The molecule has 3 aromatic rings. The lowest BCUT2D eigenvalue weighted by molar-refractivity contribution is 0.0909. The number of rotatable bonds is 4. The quantitative estimate of drug-likeness (QED) is 0.747. The van der Waals surface area contributed by atoms with E-state index in [1.807, 2.05) is 25.3 Å². The van der Waals surface area contributed by atoms with Gasteiger partial charge in [-0.2, -0.15) is 0 Å². The van der Waals surface area contributed by atoms with Gasteiger partial charge in [-0.1, -0.05) is 25.9 Å². The highest BCUT2D eigenvalue weighted by Crippen LogP contribution is 2.40. The standard InChI is InChI=1S/C21H23N5O2/c1-4-14-9-16(26-28-14)20(27)25-18-11-21(2,3)10-17-15(18)12-23-19(24-17)13-5-7-22-8-6-13/h5-9,12,18H,4,10-11H2,1-3H3,(H,25,27)/t18-/m1/s1. The molecule has 0 saturated heterocycles. The molecule has 144 valence electrons. The van der Waals surface area contributed by atoms with Gasteiger partial charge in [0.2, 0.25) is 0 Å². The number of fused-ring (bicyclic) bond motifs is 1. The molecule has 0 saturated carbocycles. The fourth-order valence-corrected chi connectivity index (χ4v) is 3.63. The summed E-state index contributed by atoms with van der Waals surface area (Å²) in [4.78, 5) is 26.1. The number of pyridine rings is 1. The third kappa shape index (κ3) is 3.65. The third-order valence-electron chi connectivity index (χ3n) is 5.06. The third-order valence-corrected chi connectivity index (χ3v) is 5.06. The fraction of sp³-hybridized carbons (Fsp3) is 0.381. The number of carbonyl (C=O) groups is 1. The maximum Gasteiger partial charge on any atom is 0.273 e. The molecule has 0 radical (unpaired) electrons. The van der Waals surface area contributed by atoms with Gasteiger partial charge in [-0.15, -0.1) is 0 Å². The van der Waals surface area contributed by atoms with Crippen LogP contribution in [0.3, 0.4) is 0 Å². The van der Waals surface area contributed by atoms with E-state index in [-0.39, 0.29) is 17.4 Å². The monoisotopic (exact) mass is 377 g/mol. The number of nitrogens with one attached hydrogen (secondary N) is 1. The van der Waals surface area contributed by atoms with Crippen molar-refractivity contribution in [3.8, 4) is 11.4 Å². The van der Waals surface area contributed by atoms with E-state index in [0.717, 1.165) is 29.7 Å². The predicted molar refractivity (Wildman–Crippen MR) is 103 cm³/mol. The summed E-state index contributed by atoms with van der Waals surface area (Å²) < 4.78 is 5.16. The van der Waals surface area contributed by atoms with E-state index >= 15 is 0 Å². The summed E-state index contributed by atoms with van der Waals surface area (Å²) in [5.41, 5.74) is 3.17. The van der Waals surface area contributed by atoms with E-state index in [4.69, 9.17) is 9.51 Å². The molecule has 0 aromatic carbocycles. The molecule has 1 atom stereocenters. The molecular formula is C21H23N5O2. The molecule has 1 N–H and O–H groups in total. The van der Waals surface area contributed by atoms with E-state index in [1.54, 1.807) is 18.5 Å². The average Bonchev–Trinajstić information content (AvgIpc) is 3.17. The molecule has 0 bridgehead atoms. The molecule has 3 heterocycles. The Hall–Kier alpha value is -3.09. The molecule has 1 aliphatic rings. The summed E-state index contributed by atoms with van der Waals surface area (Å²) in [5.74, 6) is 1.13. The molecule has 1 aliphatic carbocycles. The predicted octanol–water partition coefficient (Wildman–Crippen LogP) is 3.53. The van der Waals surface area contributed by atoms with Crippen LogP contribution >= 0.6 is 0 Å². The maximum atomic E-state index is 12.7. The van der Waals surface area contributed by atoms with Gasteiger partial charge in [0.25, 0.3) is 5.91 Å². The van der Waals surface area contributed by atoms with Crippen LogP contribution in [0.15, 0.2) is 41.3 Å². The van der Waals surface area contributed by atoms with Gasteiger partial charge in [0, 0.05) is 42.2 Å². The van der Waals surface area contributed by atoms with Crippen LogP contribution in [0.5, 0.6) is 0 Å². The molecule has 7 nitrogen and oxygen atoms in total. The Morgan fingerprint density at radius 3 is 2.82 bits per heavy atom. The second-order valence-electron chi connectivity index (χ2n) is 7.93. The lowest BCUT2D eigenvalue weighted by Gasteiger charge is -2.36. The van der Waals surface area contributed by atoms with Gasteiger partial charge >= 0.3 is 0 Å². The van der Waals surface area contributed by atoms with Crippen molar-refractivity contribution in [3.63, 3.8) is 0 Å². The first-order chi connectivity index (χ1) is 13.4. The van der Waals surface area contributed by atoms with E-state index in [1.165, 1.54) is 0 Å². The molecule has 0 fully saturated rings. The van der Waals surface area contributed by atoms with E-state index in [2.05, 4.69) is 34.3 Å². The zero-order valence-electron chi connectivity index (χ0n) is 16.3. The lowest BCUT2D eigenvalue weighted by atomic mass is 9.74. The summed E-state index contributed by atoms with van der Waals surface area (Å²) in [7, 11) is 0. The number of hydrogen-bond donors (Lipinski definition) is 1. The second kappa shape index (κ2) is 7.14. The minimum Gasteiger partial charge on any atom is -0.361 e. The van der Waals surface area contributed by atoms with Crippen LogP contribution in [0, 0.1) is 5.41 Å². The first-order valence-electron chi connectivity index (χ1n) is 9.48. The summed E-state index contributed by atoms with van der Waals surface area (Å²) >= 11 is 0. The van der Waals surface area contributed by atoms with Crippen LogP contribution < -0.4 is 5.32 Å². The van der Waals surface area contributed by atoms with Gasteiger partial charge in [0.1, 0.15) is 5.76 Å². The zero-order valence-corrected chi connectivity index (χ0v) is 16.3. The highest BCUT2D eigenvalue weighted by atomic mass is 16.5. The molecule has 0 aliphatic heterocycles. The molecular weight excluding hydrogens is 354 g/mol. The number of nitrogens with zero attached hydrogens (tertiary/aromatic N) is 4. The van der Waals surface area contributed by atoms with Crippen molar-refractivity contribution >= 4 is 5.91 Å². The molecule has 1 amide bonds. The largest absolute Gasteiger partial charge is 0.361 e. The average molecular weight is 377 g/mol. The smallest absolute Gasteiger partial charge is 0.273 e. The van der Waals surface area contributed by atoms with Crippen molar-refractivity contribution in [3.05, 3.63) is 59.5 Å². The summed E-state index contributed by atoms with van der Waals surface area (Å²) in [6.45, 7) is 6.34. The molecule has 0 spiro atoms. The Bertz CT molecular complexity index is 997. The number of carbonyl (C=O) groups excluding carboxylic acids is 1. The SMILES string of the molecule is CCc1cc(C(=O)N[C@@H]2CC(C)(C)Cc3nc(-c4ccncc4)ncc32)no1. The Kier molecular flexibility index (Phi) is 4.66. The highest BCUT2D eigenvalue weighted by molar-refractivity contribution is 5.92. The highest BCUT2D eigenvalue weighted by Gasteiger charge is 2.35. The van der Waals surface area contributed by atoms with Gasteiger partial charge in [-0.25, -0.2) is 9.97 Å². The van der Waals surface area contributed by atoms with Crippen LogP contribution in [-0.4, -0.2) is 26.0 Å². The van der Waals surface area contributed by atoms with E-state index in [9.17, 15) is 4.79 Å². The van der Waals surface area contributed by atoms with Crippen molar-refractivity contribution in [1.82, 2.24) is 25.4 Å². The normalized spacial score (nSPS) is 17.8. The van der Waals surface area contributed by atoms with Crippen LogP contribution in [0.4, 0.5) is 0 Å². The second-order valence-corrected chi connectivity index (χ2v) is 7.93. The van der Waals surface area contributed by atoms with Crippen LogP contribution in [0.25, 0.3) is 11.4 Å². The van der Waals surface area contributed by atoms with Gasteiger partial charge in [-0.05, 0) is 30.4 Å². The number of hydrogen-bond acceptors (Lipinski definition) is 6. The first kappa shape index (κ1) is 18.3. The summed E-state index contributed by atoms with van der Waals surface area (Å²) in [6, 6.07) is 5.31. The Morgan fingerprint density at radius 2 is 2.11 bits per heavy atom. The number of aromatic nitrogens is 4. The molecule has 4 rings (SSSR count). The van der Waals surface area contributed by atoms with Crippen molar-refractivity contribution in [2.75, 3.05) is 0 Å². The fourth-order valence-electron chi connectivity index (χ4n) is 3.63. The van der Waals surface area contributed by atoms with Crippen LogP contribution in [0.1, 0.15) is 60.7 Å². The van der Waals surface area contributed by atoms with Crippen LogP contribution in [-0.2, 0) is 12.8 Å². The molecule has 7 heteroatoms. The first-order valence-corrected chi connectivity index (χ1v) is 9.48. The van der Waals surface area contributed by atoms with Crippen molar-refractivity contribution in [2.45, 2.75) is 46.1 Å². The van der Waals surface area contributed by atoms with Crippen molar-refractivity contribution in [2.24, 2.45) is 5.41 Å². The number of aryl methyl sites for hydroxylation is 1. The Balaban J connectivity index is 1.63. The Morgan fingerprint density at radius 1 is 1.32 bits per heavy atom. The van der Waals surface area contributed by atoms with E-state index < -0.39 is 0 Å². The van der Waals surface area contributed by atoms with E-state index in [0.29, 0.717) is 23.7 Å². The molecule has 0 unspecified atom stereocenters. The Labute approximate surface area is 163 Å². The van der Waals surface area contributed by atoms with Crippen molar-refractivity contribution < 1.29 is 9.32 Å². The topological polar surface area (TPSA) is 93.8 Å².